The van der Waals surface area contributed by atoms with Crippen molar-refractivity contribution < 1.29 is 9.18 Å². The molecule has 23 heavy (non-hydrogen) atoms. The molecule has 6 nitrogen and oxygen atoms in total. The van der Waals surface area contributed by atoms with Crippen molar-refractivity contribution in [3.05, 3.63) is 30.3 Å². The van der Waals surface area contributed by atoms with E-state index in [-0.39, 0.29) is 17.5 Å². The minimum Gasteiger partial charge on any atom is -0.306 e. The number of fused-ring (bicyclic) bond motifs is 1. The normalized spacial score (nSPS) is 14.3. The highest BCUT2D eigenvalue weighted by atomic mass is 32.2. The number of hydrogen-bond donors (Lipinski definition) is 1. The number of rotatable bonds is 5. The van der Waals surface area contributed by atoms with E-state index in [1.165, 1.54) is 35.2 Å². The maximum atomic E-state index is 13.2. The van der Waals surface area contributed by atoms with Crippen LogP contribution in [0.4, 0.5) is 9.52 Å². The predicted octanol–water partition coefficient (Wildman–Crippen LogP) is 3.09. The first-order valence-electron chi connectivity index (χ1n) is 7.07. The molecule has 1 saturated carbocycles. The summed E-state index contributed by atoms with van der Waals surface area (Å²) in [6, 6.07) is 4.85. The molecule has 1 aliphatic carbocycles. The second-order valence-corrected chi connectivity index (χ2v) is 7.19. The van der Waals surface area contributed by atoms with Crippen LogP contribution in [0.3, 0.4) is 0 Å². The third kappa shape index (κ3) is 3.20. The van der Waals surface area contributed by atoms with Crippen LogP contribution >= 0.6 is 23.1 Å². The van der Waals surface area contributed by atoms with Crippen LogP contribution in [-0.4, -0.2) is 31.4 Å². The zero-order valence-corrected chi connectivity index (χ0v) is 13.5. The summed E-state index contributed by atoms with van der Waals surface area (Å²) in [5.41, 5.74) is 0.674. The molecule has 118 valence electrons. The molecule has 0 saturated heterocycles. The van der Waals surface area contributed by atoms with Gasteiger partial charge in [0, 0.05) is 6.04 Å². The molecule has 0 spiro atoms. The summed E-state index contributed by atoms with van der Waals surface area (Å²) >= 11 is 2.61. The van der Waals surface area contributed by atoms with E-state index in [1.54, 1.807) is 12.4 Å². The number of halogens is 1. The number of amides is 1. The van der Waals surface area contributed by atoms with Gasteiger partial charge in [-0.1, -0.05) is 23.1 Å². The Hall–Kier alpha value is -2.00. The van der Waals surface area contributed by atoms with Crippen molar-refractivity contribution >= 4 is 44.4 Å². The lowest BCUT2D eigenvalue weighted by Crippen LogP contribution is -2.14. The molecule has 0 atom stereocenters. The van der Waals surface area contributed by atoms with Crippen molar-refractivity contribution in [2.75, 3.05) is 11.1 Å². The van der Waals surface area contributed by atoms with E-state index in [9.17, 15) is 9.18 Å². The van der Waals surface area contributed by atoms with E-state index >= 15 is 0 Å². The molecule has 0 aliphatic heterocycles. The highest BCUT2D eigenvalue weighted by Gasteiger charge is 2.26. The first-order chi connectivity index (χ1) is 11.2. The van der Waals surface area contributed by atoms with Gasteiger partial charge < -0.3 is 9.88 Å². The van der Waals surface area contributed by atoms with Gasteiger partial charge in [0.05, 0.1) is 16.0 Å². The molecule has 0 radical (unpaired) electrons. The molecule has 1 N–H and O–H groups in total. The van der Waals surface area contributed by atoms with Gasteiger partial charge in [0.15, 0.2) is 10.3 Å². The lowest BCUT2D eigenvalue weighted by molar-refractivity contribution is -0.113. The number of benzene rings is 1. The fourth-order valence-electron chi connectivity index (χ4n) is 2.18. The van der Waals surface area contributed by atoms with Gasteiger partial charge >= 0.3 is 0 Å². The Morgan fingerprint density at radius 3 is 3.17 bits per heavy atom. The first-order valence-corrected chi connectivity index (χ1v) is 8.87. The van der Waals surface area contributed by atoms with Crippen molar-refractivity contribution in [2.45, 2.75) is 24.0 Å². The number of carbonyl (C=O) groups is 1. The zero-order chi connectivity index (χ0) is 15.8. The zero-order valence-electron chi connectivity index (χ0n) is 11.9. The van der Waals surface area contributed by atoms with Crippen molar-refractivity contribution in [1.29, 1.82) is 0 Å². The number of nitrogens with one attached hydrogen (secondary N) is 1. The number of carbonyl (C=O) groups excluding carboxylic acids is 1. The minimum absolute atomic E-state index is 0.167. The lowest BCUT2D eigenvalue weighted by atomic mass is 10.3. The van der Waals surface area contributed by atoms with Crippen LogP contribution in [0.1, 0.15) is 18.9 Å². The van der Waals surface area contributed by atoms with Crippen LogP contribution in [0.2, 0.25) is 0 Å². The van der Waals surface area contributed by atoms with Gasteiger partial charge in [-0.05, 0) is 31.0 Å². The Labute approximate surface area is 139 Å². The van der Waals surface area contributed by atoms with Gasteiger partial charge in [-0.2, -0.15) is 0 Å². The molecule has 2 aromatic heterocycles. The third-order valence-corrected chi connectivity index (χ3v) is 5.30. The molecule has 1 aliphatic rings. The number of anilines is 1. The van der Waals surface area contributed by atoms with Crippen LogP contribution in [0.25, 0.3) is 10.2 Å². The van der Waals surface area contributed by atoms with E-state index in [0.717, 1.165) is 18.0 Å². The van der Waals surface area contributed by atoms with Gasteiger partial charge in [0.2, 0.25) is 5.91 Å². The van der Waals surface area contributed by atoms with Crippen LogP contribution in [0, 0.1) is 5.82 Å². The quantitative estimate of drug-likeness (QED) is 0.717. The van der Waals surface area contributed by atoms with E-state index in [2.05, 4.69) is 20.5 Å². The van der Waals surface area contributed by atoms with Gasteiger partial charge in [0.1, 0.15) is 12.1 Å². The second-order valence-electron chi connectivity index (χ2n) is 5.22. The Balaban J connectivity index is 1.39. The van der Waals surface area contributed by atoms with Gasteiger partial charge in [0.25, 0.3) is 0 Å². The van der Waals surface area contributed by atoms with Gasteiger partial charge in [-0.3, -0.25) is 4.79 Å². The standard InChI is InChI=1S/C14H12FN5OS2/c15-8-1-4-10-11(5-8)23-13(17-10)18-12(21)6-22-14-19-16-7-20(14)9-2-3-9/h1,4-5,7,9H,2-3,6H2,(H,17,18,21). The Morgan fingerprint density at radius 2 is 2.35 bits per heavy atom. The summed E-state index contributed by atoms with van der Waals surface area (Å²) in [6.07, 6.45) is 3.99. The molecule has 4 rings (SSSR count). The molecule has 0 unspecified atom stereocenters. The summed E-state index contributed by atoms with van der Waals surface area (Å²) in [6.45, 7) is 0. The minimum atomic E-state index is -0.311. The molecule has 9 heteroatoms. The van der Waals surface area contributed by atoms with Crippen molar-refractivity contribution in [3.8, 4) is 0 Å². The van der Waals surface area contributed by atoms with Crippen LogP contribution in [0.15, 0.2) is 29.7 Å². The number of aromatic nitrogens is 4. The lowest BCUT2D eigenvalue weighted by Gasteiger charge is -2.03. The maximum absolute atomic E-state index is 13.2. The maximum Gasteiger partial charge on any atom is 0.236 e. The first kappa shape index (κ1) is 14.6. The fraction of sp³-hybridized carbons (Fsp3) is 0.286. The second kappa shape index (κ2) is 5.89. The third-order valence-electron chi connectivity index (χ3n) is 3.41. The van der Waals surface area contributed by atoms with E-state index in [4.69, 9.17) is 0 Å². The highest BCUT2D eigenvalue weighted by molar-refractivity contribution is 7.99. The van der Waals surface area contributed by atoms with Crippen LogP contribution in [-0.2, 0) is 4.79 Å². The largest absolute Gasteiger partial charge is 0.306 e. The smallest absolute Gasteiger partial charge is 0.236 e. The number of thiazole rings is 1. The number of nitrogens with zero attached hydrogens (tertiary/aromatic N) is 4. The van der Waals surface area contributed by atoms with Gasteiger partial charge in [-0.25, -0.2) is 9.37 Å². The summed E-state index contributed by atoms with van der Waals surface area (Å²) in [5.74, 6) is -0.246. The number of thioether (sulfide) groups is 1. The molecule has 1 amide bonds. The molecule has 1 fully saturated rings. The molecular weight excluding hydrogens is 337 g/mol. The Bertz CT molecular complexity index is 873. The SMILES string of the molecule is O=C(CSc1nncn1C1CC1)Nc1nc2ccc(F)cc2s1. The summed E-state index contributed by atoms with van der Waals surface area (Å²) in [5, 5.41) is 11.9. The molecule has 1 aromatic carbocycles. The van der Waals surface area contributed by atoms with Crippen molar-refractivity contribution in [3.63, 3.8) is 0 Å². The van der Waals surface area contributed by atoms with E-state index in [0.29, 0.717) is 21.4 Å². The average molecular weight is 349 g/mol. The highest BCUT2D eigenvalue weighted by Crippen LogP contribution is 2.37. The summed E-state index contributed by atoms with van der Waals surface area (Å²) in [4.78, 5) is 16.3. The Kier molecular flexibility index (Phi) is 3.74. The molecule has 3 aromatic rings. The summed E-state index contributed by atoms with van der Waals surface area (Å²) < 4.78 is 15.9. The number of hydrogen-bond acceptors (Lipinski definition) is 6. The summed E-state index contributed by atoms with van der Waals surface area (Å²) in [7, 11) is 0. The molecule has 2 heterocycles. The van der Waals surface area contributed by atoms with Crippen LogP contribution in [0.5, 0.6) is 0 Å². The van der Waals surface area contributed by atoms with Gasteiger partial charge in [-0.15, -0.1) is 10.2 Å². The monoisotopic (exact) mass is 349 g/mol. The fourth-order valence-corrected chi connectivity index (χ4v) is 3.87. The molecule has 0 bridgehead atoms. The van der Waals surface area contributed by atoms with Crippen molar-refractivity contribution in [1.82, 2.24) is 19.7 Å². The van der Waals surface area contributed by atoms with Crippen molar-refractivity contribution in [2.24, 2.45) is 0 Å². The van der Waals surface area contributed by atoms with Crippen LogP contribution < -0.4 is 5.32 Å². The molecular formula is C14H12FN5OS2. The van der Waals surface area contributed by atoms with E-state index in [1.807, 2.05) is 4.57 Å². The predicted molar refractivity (Wildman–Crippen MR) is 87.2 cm³/mol. The topological polar surface area (TPSA) is 72.7 Å². The van der Waals surface area contributed by atoms with E-state index < -0.39 is 0 Å². The Morgan fingerprint density at radius 1 is 1.48 bits per heavy atom. The average Bonchev–Trinajstić information content (AvgIpc) is 3.12.